The average Bonchev–Trinajstić information content (AvgIpc) is 1.77. The summed E-state index contributed by atoms with van der Waals surface area (Å²) in [6, 6.07) is 0. The van der Waals surface area contributed by atoms with Crippen LogP contribution in [0.5, 0.6) is 0 Å². The molecule has 1 heterocycles. The second kappa shape index (κ2) is 86.3. The van der Waals surface area contributed by atoms with Crippen LogP contribution < -0.4 is 38.9 Å². The number of rotatable bonds is 12. The molecule has 17 N–H and O–H groups in total. The Kier molecular flexibility index (Phi) is 88.0. The zero-order chi connectivity index (χ0) is 58.4. The third-order valence-corrected chi connectivity index (χ3v) is 5.86. The molecule has 0 atom stereocenters. The van der Waals surface area contributed by atoms with Gasteiger partial charge in [-0.25, -0.2) is 0 Å². The molecule has 0 aromatic carbocycles. The summed E-state index contributed by atoms with van der Waals surface area (Å²) < 4.78 is 0. The third-order valence-electron chi connectivity index (χ3n) is 5.86. The molecule has 0 aliphatic carbocycles. The number of amidine groups is 1. The number of aliphatic imine (C=N–C) groups is 1. The van der Waals surface area contributed by atoms with Crippen molar-refractivity contribution in [3.8, 4) is 285 Å². The molecule has 0 bridgehead atoms. The Morgan fingerprint density at radius 3 is 1.00 bits per heavy atom. The van der Waals surface area contributed by atoms with Crippen LogP contribution in [0.4, 0.5) is 0 Å². The largest absolute Gasteiger partial charge is 0.483 e. The quantitative estimate of drug-likeness (QED) is 0.0674. The average molecular weight is 1140 g/mol. The minimum Gasteiger partial charge on any atom is -0.483 e. The number of hydrogen-bond donors (Lipinski definition) is 8. The Hall–Kier alpha value is -12.5. The standard InChI is InChI=1S/C22H13N3.2C17H4.C5H13N3O.C4H13N3.CH2O2.2H2O.43H2/c1-2-3-4-5-6-7-8-9-10-11-12-13-14-15-16-17-22-24-19-21-25(22)20-18-23;2*1-3-5-7-9-11-13-15-17-16-14-12-10-8-6-4-2;6-1-2-7-3-4-8-5-9;5-1-3-7-4-2-6;2-1-3;;;;;;;;;;;;;;;;;;;;;;;;;;;;;;;;;;;;;;;;;;;;;/h18-21,23H2,1H3;2*1H,2H3;5,7H,1-4,6H2,(H,8,9);7H,1-6H2;1H,(H,2,3);2*1H2;43*1H/p+1. The number of carbonyl (C=O) groups excluding carboxylic acids is 1. The molecule has 1 amide bonds. The zero-order valence-corrected chi connectivity index (χ0v) is 44.4. The van der Waals surface area contributed by atoms with Crippen LogP contribution >= 0.6 is 0 Å². The molecule has 1 rings (SSSR count). The molecule has 0 radical (unpaired) electrons. The predicted octanol–water partition coefficient (Wildman–Crippen LogP) is 5.72. The van der Waals surface area contributed by atoms with E-state index in [9.17, 15) is 4.79 Å². The minimum absolute atomic E-state index is 0. The van der Waals surface area contributed by atoms with Gasteiger partial charge in [-0.2, -0.15) is 0 Å². The lowest BCUT2D eigenvalue weighted by Crippen LogP contribution is -2.55. The number of amides is 1. The molecule has 1 aliphatic heterocycles. The fourth-order valence-corrected chi connectivity index (χ4v) is 3.19. The second-order valence-electron chi connectivity index (χ2n) is 11.3. The van der Waals surface area contributed by atoms with Crippen LogP contribution in [0.1, 0.15) is 82.1 Å². The molecule has 0 saturated carbocycles. The van der Waals surface area contributed by atoms with E-state index in [1.807, 2.05) is 0 Å². The highest BCUT2D eigenvalue weighted by atomic mass is 16.3. The number of nitrogens with zero attached hydrogens (tertiary/aromatic N) is 2. The highest BCUT2D eigenvalue weighted by molar-refractivity contribution is 6.00. The van der Waals surface area contributed by atoms with Crippen molar-refractivity contribution in [2.75, 3.05) is 78.5 Å². The lowest BCUT2D eigenvalue weighted by atomic mass is 10.4. The van der Waals surface area contributed by atoms with E-state index in [0.29, 0.717) is 32.6 Å². The first kappa shape index (κ1) is 81.6. The Balaban J connectivity index is -0.0000000106. The maximum absolute atomic E-state index is 9.67. The molecule has 0 fully saturated rings. The van der Waals surface area contributed by atoms with Crippen LogP contribution in [0.3, 0.4) is 0 Å². The van der Waals surface area contributed by atoms with Gasteiger partial charge in [0.25, 0.3) is 6.47 Å². The molecule has 80 heavy (non-hydrogen) atoms. The third kappa shape index (κ3) is 88.5. The molecule has 0 saturated heterocycles. The van der Waals surface area contributed by atoms with Gasteiger partial charge in [-0.05, 0) is 275 Å². The van der Waals surface area contributed by atoms with E-state index >= 15 is 0 Å². The minimum atomic E-state index is -0.250. The maximum Gasteiger partial charge on any atom is 0.290 e. The summed E-state index contributed by atoms with van der Waals surface area (Å²) in [6.45, 7) is 14.3. The first-order valence-electron chi connectivity index (χ1n) is 22.0. The first-order valence-corrected chi connectivity index (χ1v) is 22.0. The van der Waals surface area contributed by atoms with Gasteiger partial charge < -0.3 is 59.8 Å². The Labute approximate surface area is 539 Å². The van der Waals surface area contributed by atoms with E-state index < -0.39 is 0 Å². The van der Waals surface area contributed by atoms with Crippen molar-refractivity contribution < 1.29 is 92.7 Å². The van der Waals surface area contributed by atoms with Crippen molar-refractivity contribution >= 4 is 18.7 Å². The van der Waals surface area contributed by atoms with Crippen LogP contribution in [-0.4, -0.2) is 118 Å². The van der Waals surface area contributed by atoms with E-state index in [-0.39, 0.29) is 78.8 Å². The van der Waals surface area contributed by atoms with E-state index in [2.05, 4.69) is 304 Å². The molecule has 0 spiro atoms. The summed E-state index contributed by atoms with van der Waals surface area (Å²) >= 11 is 0. The van der Waals surface area contributed by atoms with Gasteiger partial charge in [-0.1, -0.05) is 17.8 Å². The number of carboxylic acid groups (broad SMARTS) is 1. The van der Waals surface area contributed by atoms with E-state index in [4.69, 9.17) is 39.9 Å². The van der Waals surface area contributed by atoms with Crippen molar-refractivity contribution in [3.05, 3.63) is 0 Å². The summed E-state index contributed by atoms with van der Waals surface area (Å²) in [5, 5.41) is 15.5. The number of nitrogens with two attached hydrogens (primary N) is 3. The fraction of sp³-hybridized carbons (Fsp3) is 0.227. The molecule has 14 nitrogen and oxygen atoms in total. The van der Waals surface area contributed by atoms with Gasteiger partial charge in [0.05, 0.1) is 19.6 Å². The van der Waals surface area contributed by atoms with Gasteiger partial charge in [-0.15, -0.1) is 12.8 Å². The van der Waals surface area contributed by atoms with Crippen LogP contribution in [0, 0.1) is 285 Å². The highest BCUT2D eigenvalue weighted by Gasteiger charge is 2.13. The van der Waals surface area contributed by atoms with Crippen LogP contribution in [0.25, 0.3) is 0 Å². The lowest BCUT2D eigenvalue weighted by molar-refractivity contribution is -0.367. The van der Waals surface area contributed by atoms with Gasteiger partial charge in [0.1, 0.15) is 0 Å². The highest BCUT2D eigenvalue weighted by Crippen LogP contribution is 1.98. The normalized spacial score (nSPS) is 6.46. The monoisotopic (exact) mass is 1140 g/mol. The van der Waals surface area contributed by atoms with Crippen molar-refractivity contribution in [2.45, 2.75) is 20.8 Å². The summed E-state index contributed by atoms with van der Waals surface area (Å²) in [7, 11) is 0. The first-order chi connectivity index (χ1) is 38.5. The molecular formula is C66H140N9O5+. The molecule has 14 heteroatoms. The number of quaternary nitrogens is 1. The van der Waals surface area contributed by atoms with E-state index in [1.54, 1.807) is 20.8 Å². The van der Waals surface area contributed by atoms with Crippen LogP contribution in [-0.2, 0) is 9.59 Å². The summed E-state index contributed by atoms with van der Waals surface area (Å²) in [5.74, 6) is 116. The van der Waals surface area contributed by atoms with Crippen LogP contribution in [0.2, 0.25) is 0 Å². The van der Waals surface area contributed by atoms with Gasteiger partial charge >= 0.3 is 0 Å². The van der Waals surface area contributed by atoms with Gasteiger partial charge in [0.15, 0.2) is 5.84 Å². The lowest BCUT2D eigenvalue weighted by Gasteiger charge is -2.13. The smallest absolute Gasteiger partial charge is 0.290 e. The van der Waals surface area contributed by atoms with Gasteiger partial charge in [0, 0.05) is 120 Å². The van der Waals surface area contributed by atoms with Crippen molar-refractivity contribution in [1.82, 2.24) is 20.9 Å². The summed E-state index contributed by atoms with van der Waals surface area (Å²) in [5.41, 5.74) is 19.4. The van der Waals surface area contributed by atoms with Crippen molar-refractivity contribution in [2.24, 2.45) is 22.2 Å². The predicted molar refractivity (Wildman–Crippen MR) is 411 cm³/mol. The number of carbonyl (C=O) groups is 2. The Morgan fingerprint density at radius 2 is 0.750 bits per heavy atom. The Morgan fingerprint density at radius 1 is 0.487 bits per heavy atom. The fourth-order valence-electron chi connectivity index (χ4n) is 3.19. The zero-order valence-electron chi connectivity index (χ0n) is 44.4. The summed E-state index contributed by atoms with van der Waals surface area (Å²) in [4.78, 5) is 24.4. The number of hydrogen-bond acceptors (Lipinski definition) is 9. The molecule has 1 aliphatic rings. The van der Waals surface area contributed by atoms with Crippen LogP contribution in [0.15, 0.2) is 4.99 Å². The van der Waals surface area contributed by atoms with E-state index in [0.717, 1.165) is 58.2 Å². The van der Waals surface area contributed by atoms with Gasteiger partial charge in [-0.3, -0.25) is 14.6 Å². The topological polar surface area (TPSA) is 275 Å². The SMILES string of the molecule is C#CC#CC#CC#CC#CC#CC#CC#CC.C#CC#CC#CC#CC#CC#CC#CC#CC.CC#CC#CC#CC#CC#CC#CC#CC#CC1=NCCN1CC[NH3+].NCCNCCN.NCCNCCNC=O.O.O.O=CO.[HH].[HH].[HH].[HH].[HH].[HH].[HH].[HH].[HH].[HH].[HH].[HH].[HH].[HH].[HH].[HH].[HH].[HH].[HH].[HH].[HH].[HH].[HH].[HH].[HH].[HH].[HH].[HH].[HH].[HH].[HH].[HH].[HH].[HH].[HH].[HH].[HH].[HH].[HH].[HH].[HH].[HH].[HH]. The maximum atomic E-state index is 9.67. The number of terminal acetylenes is 2. The molecule has 0 aromatic rings. The molecular weight excluding hydrogens is 999 g/mol. The molecule has 478 valence electrons. The molecule has 0 aromatic heterocycles. The second-order valence-corrected chi connectivity index (χ2v) is 11.3. The Bertz CT molecular complexity index is 3530. The van der Waals surface area contributed by atoms with Crippen molar-refractivity contribution in [3.63, 3.8) is 0 Å². The summed E-state index contributed by atoms with van der Waals surface area (Å²) in [6.07, 6.45) is 10.5. The number of nitrogens with one attached hydrogen (secondary N) is 3. The van der Waals surface area contributed by atoms with E-state index in [1.165, 1.54) is 0 Å². The molecule has 0 unspecified atom stereocenters. The van der Waals surface area contributed by atoms with Gasteiger partial charge in [0.2, 0.25) is 6.41 Å². The van der Waals surface area contributed by atoms with Crippen molar-refractivity contribution in [1.29, 1.82) is 0 Å².